The van der Waals surface area contributed by atoms with Gasteiger partial charge in [-0.15, -0.1) is 0 Å². The number of anilines is 2. The van der Waals surface area contributed by atoms with Crippen LogP contribution < -0.4 is 5.32 Å². The summed E-state index contributed by atoms with van der Waals surface area (Å²) < 4.78 is 0. The van der Waals surface area contributed by atoms with Crippen LogP contribution in [0.25, 0.3) is 11.3 Å². The zero-order chi connectivity index (χ0) is 15.6. The highest BCUT2D eigenvalue weighted by molar-refractivity contribution is 6.30. The maximum atomic E-state index is 5.92. The van der Waals surface area contributed by atoms with Crippen molar-refractivity contribution in [2.24, 2.45) is 0 Å². The largest absolute Gasteiger partial charge is 0.324 e. The molecule has 0 fully saturated rings. The summed E-state index contributed by atoms with van der Waals surface area (Å²) in [6.07, 6.45) is 5.19. The third-order valence-electron chi connectivity index (χ3n) is 4.13. The van der Waals surface area contributed by atoms with E-state index in [-0.39, 0.29) is 0 Å². The summed E-state index contributed by atoms with van der Waals surface area (Å²) in [6, 6.07) is 16.1. The first-order valence-electron chi connectivity index (χ1n) is 7.76. The minimum Gasteiger partial charge on any atom is -0.324 e. The van der Waals surface area contributed by atoms with E-state index in [2.05, 4.69) is 34.6 Å². The van der Waals surface area contributed by atoms with E-state index in [4.69, 9.17) is 16.6 Å². The minimum absolute atomic E-state index is 0.614. The van der Waals surface area contributed by atoms with E-state index in [1.54, 1.807) is 0 Å². The van der Waals surface area contributed by atoms with Crippen LogP contribution in [0.5, 0.6) is 0 Å². The van der Waals surface area contributed by atoms with Crippen molar-refractivity contribution in [3.8, 4) is 11.3 Å². The summed E-state index contributed by atoms with van der Waals surface area (Å²) in [5.74, 6) is 0.614. The van der Waals surface area contributed by atoms with Crippen molar-refractivity contribution in [2.45, 2.75) is 19.3 Å². The van der Waals surface area contributed by atoms with Gasteiger partial charge < -0.3 is 5.32 Å². The van der Waals surface area contributed by atoms with Crippen LogP contribution >= 0.6 is 11.6 Å². The van der Waals surface area contributed by atoms with Crippen molar-refractivity contribution in [3.63, 3.8) is 0 Å². The number of aromatic nitrogens is 2. The van der Waals surface area contributed by atoms with Crippen LogP contribution in [0.3, 0.4) is 0 Å². The fourth-order valence-electron chi connectivity index (χ4n) is 2.98. The Kier molecular flexibility index (Phi) is 3.72. The Hall–Kier alpha value is -2.39. The SMILES string of the molecule is Clc1ccc(Nc2ncc3c(n2)-c2ccccc2CCC3)cc1. The normalized spacial score (nSPS) is 12.9. The molecule has 0 bridgehead atoms. The molecule has 1 aliphatic carbocycles. The molecule has 0 spiro atoms. The number of halogens is 1. The van der Waals surface area contributed by atoms with Gasteiger partial charge in [0.05, 0.1) is 5.69 Å². The first kappa shape index (κ1) is 14.2. The molecule has 1 heterocycles. The lowest BCUT2D eigenvalue weighted by atomic mass is 10.0. The van der Waals surface area contributed by atoms with Gasteiger partial charge >= 0.3 is 0 Å². The lowest BCUT2D eigenvalue weighted by molar-refractivity contribution is 0.829. The fraction of sp³-hybridized carbons (Fsp3) is 0.158. The van der Waals surface area contributed by atoms with Crippen molar-refractivity contribution in [1.82, 2.24) is 9.97 Å². The molecule has 3 aromatic rings. The van der Waals surface area contributed by atoms with E-state index < -0.39 is 0 Å². The number of aryl methyl sites for hydroxylation is 2. The predicted octanol–water partition coefficient (Wildman–Crippen LogP) is 5.03. The molecule has 23 heavy (non-hydrogen) atoms. The van der Waals surface area contributed by atoms with E-state index in [0.717, 1.165) is 30.6 Å². The molecular formula is C19H16ClN3. The summed E-state index contributed by atoms with van der Waals surface area (Å²) in [4.78, 5) is 9.25. The monoisotopic (exact) mass is 321 g/mol. The maximum absolute atomic E-state index is 5.92. The summed E-state index contributed by atoms with van der Waals surface area (Å²) in [6.45, 7) is 0. The number of benzene rings is 2. The van der Waals surface area contributed by atoms with Crippen molar-refractivity contribution in [2.75, 3.05) is 5.32 Å². The van der Waals surface area contributed by atoms with Crippen LogP contribution in [0.1, 0.15) is 17.5 Å². The molecule has 0 atom stereocenters. The Morgan fingerprint density at radius 1 is 0.913 bits per heavy atom. The average molecular weight is 322 g/mol. The summed E-state index contributed by atoms with van der Waals surface area (Å²) in [5, 5.41) is 3.97. The smallest absolute Gasteiger partial charge is 0.227 e. The van der Waals surface area contributed by atoms with Gasteiger partial charge in [-0.1, -0.05) is 35.9 Å². The third kappa shape index (κ3) is 2.92. The maximum Gasteiger partial charge on any atom is 0.227 e. The number of rotatable bonds is 2. The topological polar surface area (TPSA) is 37.8 Å². The molecule has 0 saturated carbocycles. The van der Waals surface area contributed by atoms with Crippen LogP contribution in [0, 0.1) is 0 Å². The molecule has 4 rings (SSSR count). The average Bonchev–Trinajstić information content (AvgIpc) is 2.76. The molecule has 2 aromatic carbocycles. The van der Waals surface area contributed by atoms with E-state index in [1.165, 1.54) is 16.7 Å². The lowest BCUT2D eigenvalue weighted by Crippen LogP contribution is -2.01. The molecule has 1 N–H and O–H groups in total. The van der Waals surface area contributed by atoms with E-state index in [0.29, 0.717) is 11.0 Å². The van der Waals surface area contributed by atoms with Crippen LogP contribution in [-0.2, 0) is 12.8 Å². The first-order chi connectivity index (χ1) is 11.3. The Balaban J connectivity index is 1.73. The summed E-state index contributed by atoms with van der Waals surface area (Å²) >= 11 is 5.92. The van der Waals surface area contributed by atoms with Gasteiger partial charge in [0.2, 0.25) is 5.95 Å². The number of fused-ring (bicyclic) bond motifs is 3. The van der Waals surface area contributed by atoms with Crippen LogP contribution in [0.2, 0.25) is 5.02 Å². The van der Waals surface area contributed by atoms with E-state index in [9.17, 15) is 0 Å². The predicted molar refractivity (Wildman–Crippen MR) is 94.2 cm³/mol. The van der Waals surface area contributed by atoms with Gasteiger partial charge in [-0.25, -0.2) is 9.97 Å². The molecule has 0 unspecified atom stereocenters. The van der Waals surface area contributed by atoms with Gasteiger partial charge in [-0.05, 0) is 54.7 Å². The van der Waals surface area contributed by atoms with Crippen molar-refractivity contribution >= 4 is 23.2 Å². The van der Waals surface area contributed by atoms with Crippen LogP contribution in [0.15, 0.2) is 54.7 Å². The molecule has 0 aliphatic heterocycles. The zero-order valence-electron chi connectivity index (χ0n) is 12.6. The molecule has 0 saturated heterocycles. The van der Waals surface area contributed by atoms with Crippen LogP contribution in [0.4, 0.5) is 11.6 Å². The van der Waals surface area contributed by atoms with Gasteiger partial charge in [0, 0.05) is 22.5 Å². The highest BCUT2D eigenvalue weighted by Gasteiger charge is 2.16. The Morgan fingerprint density at radius 2 is 1.70 bits per heavy atom. The first-order valence-corrected chi connectivity index (χ1v) is 8.14. The summed E-state index contributed by atoms with van der Waals surface area (Å²) in [5.41, 5.74) is 5.78. The Bertz CT molecular complexity index is 843. The molecule has 1 aromatic heterocycles. The van der Waals surface area contributed by atoms with Gasteiger partial charge in [0.25, 0.3) is 0 Å². The molecular weight excluding hydrogens is 306 g/mol. The van der Waals surface area contributed by atoms with Crippen molar-refractivity contribution in [1.29, 1.82) is 0 Å². The minimum atomic E-state index is 0.614. The van der Waals surface area contributed by atoms with Gasteiger partial charge in [-0.2, -0.15) is 0 Å². The van der Waals surface area contributed by atoms with Gasteiger partial charge in [0.15, 0.2) is 0 Å². The second-order valence-electron chi connectivity index (χ2n) is 5.71. The second kappa shape index (κ2) is 6.01. The lowest BCUT2D eigenvalue weighted by Gasteiger charge is -2.11. The quantitative estimate of drug-likeness (QED) is 0.719. The molecule has 0 amide bonds. The van der Waals surface area contributed by atoms with Gasteiger partial charge in [0.1, 0.15) is 0 Å². The number of nitrogens with zero attached hydrogens (tertiary/aromatic N) is 2. The summed E-state index contributed by atoms with van der Waals surface area (Å²) in [7, 11) is 0. The zero-order valence-corrected chi connectivity index (χ0v) is 13.3. The molecule has 3 nitrogen and oxygen atoms in total. The van der Waals surface area contributed by atoms with Crippen molar-refractivity contribution in [3.05, 3.63) is 70.9 Å². The van der Waals surface area contributed by atoms with Crippen LogP contribution in [-0.4, -0.2) is 9.97 Å². The molecule has 4 heteroatoms. The number of nitrogens with one attached hydrogen (secondary N) is 1. The molecule has 0 radical (unpaired) electrons. The fourth-order valence-corrected chi connectivity index (χ4v) is 3.11. The molecule has 114 valence electrons. The highest BCUT2D eigenvalue weighted by Crippen LogP contribution is 2.31. The highest BCUT2D eigenvalue weighted by atomic mass is 35.5. The molecule has 1 aliphatic rings. The third-order valence-corrected chi connectivity index (χ3v) is 4.38. The Labute approximate surface area is 140 Å². The second-order valence-corrected chi connectivity index (χ2v) is 6.15. The number of hydrogen-bond donors (Lipinski definition) is 1. The van der Waals surface area contributed by atoms with E-state index >= 15 is 0 Å². The standard InChI is InChI=1S/C19H16ClN3/c20-15-8-10-16(11-9-15)22-19-21-12-14-6-3-5-13-4-1-2-7-17(13)18(14)23-19/h1-2,4,7-12H,3,5-6H2,(H,21,22,23). The van der Waals surface area contributed by atoms with E-state index in [1.807, 2.05) is 30.5 Å². The Morgan fingerprint density at radius 3 is 2.57 bits per heavy atom. The van der Waals surface area contributed by atoms with Gasteiger partial charge in [-0.3, -0.25) is 0 Å². The van der Waals surface area contributed by atoms with Crippen molar-refractivity contribution < 1.29 is 0 Å². The number of hydrogen-bond acceptors (Lipinski definition) is 3.